The Morgan fingerprint density at radius 1 is 1.04 bits per heavy atom. The van der Waals surface area contributed by atoms with Gasteiger partial charge in [0.2, 0.25) is 5.91 Å². The van der Waals surface area contributed by atoms with Gasteiger partial charge in [-0.3, -0.25) is 4.79 Å². The molecule has 0 unspecified atom stereocenters. The molecule has 0 atom stereocenters. The molecule has 0 saturated carbocycles. The van der Waals surface area contributed by atoms with Crippen molar-refractivity contribution in [3.05, 3.63) is 53.6 Å². The quantitative estimate of drug-likeness (QED) is 0.296. The lowest BCUT2D eigenvalue weighted by atomic mass is 10.1. The van der Waals surface area contributed by atoms with Gasteiger partial charge >= 0.3 is 0 Å². The number of amides is 1. The van der Waals surface area contributed by atoms with Gasteiger partial charge in [0, 0.05) is 19.2 Å². The molecule has 1 amide bonds. The summed E-state index contributed by atoms with van der Waals surface area (Å²) in [6, 6.07) is 13.4. The van der Waals surface area contributed by atoms with Gasteiger partial charge in [-0.2, -0.15) is 0 Å². The van der Waals surface area contributed by atoms with Crippen LogP contribution in [0.1, 0.15) is 18.1 Å². The van der Waals surface area contributed by atoms with Crippen molar-refractivity contribution < 1.29 is 14.3 Å². The van der Waals surface area contributed by atoms with Gasteiger partial charge in [0.05, 0.1) is 20.8 Å². The van der Waals surface area contributed by atoms with Crippen molar-refractivity contribution in [2.45, 2.75) is 19.9 Å². The van der Waals surface area contributed by atoms with E-state index < -0.39 is 0 Å². The summed E-state index contributed by atoms with van der Waals surface area (Å²) in [6.07, 6.45) is 0.799. The monoisotopic (exact) mass is 498 g/mol. The number of hydrogen-bond acceptors (Lipinski definition) is 4. The number of nitrogens with two attached hydrogens (primary N) is 1. The number of aliphatic imine (C=N–C) groups is 1. The van der Waals surface area contributed by atoms with Gasteiger partial charge in [-0.25, -0.2) is 4.99 Å². The van der Waals surface area contributed by atoms with Crippen LogP contribution in [0.5, 0.6) is 11.5 Å². The highest BCUT2D eigenvalue weighted by molar-refractivity contribution is 14.0. The number of rotatable bonds is 8. The molecule has 2 aromatic carbocycles. The van der Waals surface area contributed by atoms with Gasteiger partial charge in [0.25, 0.3) is 0 Å². The van der Waals surface area contributed by atoms with Gasteiger partial charge in [0.15, 0.2) is 17.5 Å². The first kappa shape index (κ1) is 23.5. The highest BCUT2D eigenvalue weighted by Crippen LogP contribution is 2.27. The minimum Gasteiger partial charge on any atom is -0.493 e. The Morgan fingerprint density at radius 3 is 2.29 bits per heavy atom. The highest BCUT2D eigenvalue weighted by atomic mass is 127. The topological polar surface area (TPSA) is 98.0 Å². The number of anilines is 1. The average Bonchev–Trinajstić information content (AvgIpc) is 2.67. The number of guanidine groups is 1. The Balaban J connectivity index is 0.00000392. The summed E-state index contributed by atoms with van der Waals surface area (Å²) >= 11 is 0. The van der Waals surface area contributed by atoms with E-state index in [4.69, 9.17) is 15.2 Å². The molecular formula is C20H27IN4O3. The number of ether oxygens (including phenoxy) is 2. The van der Waals surface area contributed by atoms with Crippen molar-refractivity contribution in [1.82, 2.24) is 5.32 Å². The molecule has 152 valence electrons. The van der Waals surface area contributed by atoms with Gasteiger partial charge < -0.3 is 25.8 Å². The summed E-state index contributed by atoms with van der Waals surface area (Å²) in [7, 11) is 3.20. The number of carbonyl (C=O) groups excluding carboxylic acids is 1. The Hall–Kier alpha value is -2.49. The Kier molecular flexibility index (Phi) is 10.1. The van der Waals surface area contributed by atoms with E-state index in [1.165, 1.54) is 6.92 Å². The Morgan fingerprint density at radius 2 is 1.68 bits per heavy atom. The first-order valence-electron chi connectivity index (χ1n) is 8.63. The van der Waals surface area contributed by atoms with E-state index in [-0.39, 0.29) is 29.9 Å². The molecule has 28 heavy (non-hydrogen) atoms. The van der Waals surface area contributed by atoms with Crippen LogP contribution in [-0.4, -0.2) is 32.6 Å². The van der Waals surface area contributed by atoms with Crippen molar-refractivity contribution in [1.29, 1.82) is 0 Å². The smallest absolute Gasteiger partial charge is 0.221 e. The molecule has 0 radical (unpaired) electrons. The molecule has 0 saturated heterocycles. The molecule has 0 aromatic heterocycles. The standard InChI is InChI=1S/C20H26N4O3.HI/c1-14(25)24-17-7-4-15(5-8-17)10-11-22-20(21)23-13-16-6-9-18(26-2)19(12-16)27-3;/h4-9,12H,10-11,13H2,1-3H3,(H,24,25)(H3,21,22,23);1H. The summed E-state index contributed by atoms with van der Waals surface area (Å²) in [4.78, 5) is 15.4. The molecule has 2 rings (SSSR count). The third kappa shape index (κ3) is 7.63. The summed E-state index contributed by atoms with van der Waals surface area (Å²) in [5.41, 5.74) is 8.83. The molecule has 0 bridgehead atoms. The van der Waals surface area contributed by atoms with Crippen molar-refractivity contribution in [2.24, 2.45) is 10.7 Å². The highest BCUT2D eigenvalue weighted by Gasteiger charge is 2.04. The van der Waals surface area contributed by atoms with E-state index in [0.29, 0.717) is 30.5 Å². The zero-order chi connectivity index (χ0) is 19.6. The van der Waals surface area contributed by atoms with Gasteiger partial charge in [0.1, 0.15) is 0 Å². The number of halogens is 1. The number of nitrogens with one attached hydrogen (secondary N) is 2. The van der Waals surface area contributed by atoms with Crippen molar-refractivity contribution >= 4 is 41.5 Å². The van der Waals surface area contributed by atoms with Crippen LogP contribution in [0.4, 0.5) is 5.69 Å². The van der Waals surface area contributed by atoms with E-state index in [1.54, 1.807) is 14.2 Å². The van der Waals surface area contributed by atoms with Gasteiger partial charge in [-0.1, -0.05) is 18.2 Å². The number of hydrogen-bond donors (Lipinski definition) is 3. The number of nitrogens with zero attached hydrogens (tertiary/aromatic N) is 1. The fourth-order valence-corrected chi connectivity index (χ4v) is 2.50. The number of carbonyl (C=O) groups is 1. The van der Waals surface area contributed by atoms with Crippen LogP contribution in [0.15, 0.2) is 47.5 Å². The minimum absolute atomic E-state index is 0. The molecule has 7 nitrogen and oxygen atoms in total. The first-order valence-corrected chi connectivity index (χ1v) is 8.63. The number of benzene rings is 2. The van der Waals surface area contributed by atoms with Crippen LogP contribution in [0, 0.1) is 0 Å². The van der Waals surface area contributed by atoms with Gasteiger partial charge in [-0.05, 0) is 41.8 Å². The van der Waals surface area contributed by atoms with Crippen LogP contribution >= 0.6 is 24.0 Å². The molecule has 2 aromatic rings. The average molecular weight is 498 g/mol. The van der Waals surface area contributed by atoms with Crippen LogP contribution in [0.2, 0.25) is 0 Å². The Bertz CT molecular complexity index is 795. The van der Waals surface area contributed by atoms with Crippen molar-refractivity contribution in [3.8, 4) is 11.5 Å². The molecule has 0 spiro atoms. The fraction of sp³-hybridized carbons (Fsp3) is 0.300. The molecule has 0 aliphatic rings. The number of methoxy groups -OCH3 is 2. The third-order valence-electron chi connectivity index (χ3n) is 3.87. The maximum absolute atomic E-state index is 11.0. The van der Waals surface area contributed by atoms with Crippen LogP contribution in [0.3, 0.4) is 0 Å². The second-order valence-electron chi connectivity index (χ2n) is 5.95. The zero-order valence-corrected chi connectivity index (χ0v) is 18.7. The molecule has 0 fully saturated rings. The second-order valence-corrected chi connectivity index (χ2v) is 5.95. The van der Waals surface area contributed by atoms with E-state index in [0.717, 1.165) is 23.2 Å². The van der Waals surface area contributed by atoms with E-state index in [2.05, 4.69) is 15.6 Å². The maximum atomic E-state index is 11.0. The molecule has 0 aliphatic heterocycles. The van der Waals surface area contributed by atoms with Crippen LogP contribution < -0.4 is 25.8 Å². The fourth-order valence-electron chi connectivity index (χ4n) is 2.50. The lowest BCUT2D eigenvalue weighted by molar-refractivity contribution is -0.114. The molecule has 0 heterocycles. The van der Waals surface area contributed by atoms with Crippen molar-refractivity contribution in [2.75, 3.05) is 26.1 Å². The normalized spacial score (nSPS) is 10.6. The van der Waals surface area contributed by atoms with E-state index in [1.807, 2.05) is 42.5 Å². The first-order chi connectivity index (χ1) is 13.0. The zero-order valence-electron chi connectivity index (χ0n) is 16.3. The summed E-state index contributed by atoms with van der Waals surface area (Å²) < 4.78 is 10.5. The SMILES string of the molecule is COc1ccc(CN=C(N)NCCc2ccc(NC(C)=O)cc2)cc1OC.I. The summed E-state index contributed by atoms with van der Waals surface area (Å²) in [6.45, 7) is 2.60. The van der Waals surface area contributed by atoms with Crippen LogP contribution in [-0.2, 0) is 17.8 Å². The lowest BCUT2D eigenvalue weighted by Crippen LogP contribution is -2.33. The molecule has 4 N–H and O–H groups in total. The summed E-state index contributed by atoms with van der Waals surface area (Å²) in [5, 5.41) is 5.84. The predicted molar refractivity (Wildman–Crippen MR) is 123 cm³/mol. The van der Waals surface area contributed by atoms with Crippen molar-refractivity contribution in [3.63, 3.8) is 0 Å². The van der Waals surface area contributed by atoms with Gasteiger partial charge in [-0.15, -0.1) is 24.0 Å². The molecule has 8 heteroatoms. The van der Waals surface area contributed by atoms with Crippen LogP contribution in [0.25, 0.3) is 0 Å². The Labute approximate surface area is 182 Å². The molecule has 0 aliphatic carbocycles. The predicted octanol–water partition coefficient (Wildman–Crippen LogP) is 2.93. The summed E-state index contributed by atoms with van der Waals surface area (Å²) in [5.74, 6) is 1.66. The molecular weight excluding hydrogens is 471 g/mol. The third-order valence-corrected chi connectivity index (χ3v) is 3.87. The van der Waals surface area contributed by atoms with E-state index >= 15 is 0 Å². The minimum atomic E-state index is -0.0807. The second kappa shape index (κ2) is 12.1. The lowest BCUT2D eigenvalue weighted by Gasteiger charge is -2.09. The largest absolute Gasteiger partial charge is 0.493 e. The maximum Gasteiger partial charge on any atom is 0.221 e. The van der Waals surface area contributed by atoms with E-state index in [9.17, 15) is 4.79 Å².